The van der Waals surface area contributed by atoms with E-state index in [4.69, 9.17) is 9.47 Å². The molecule has 0 amide bonds. The quantitative estimate of drug-likeness (QED) is 0.869. The van der Waals surface area contributed by atoms with Crippen LogP contribution < -0.4 is 4.74 Å². The minimum atomic E-state index is -0.845. The molecule has 3 rings (SSSR count). The summed E-state index contributed by atoms with van der Waals surface area (Å²) < 4.78 is 11.2. The molecule has 1 aliphatic heterocycles. The van der Waals surface area contributed by atoms with Gasteiger partial charge in [-0.25, -0.2) is 0 Å². The second kappa shape index (κ2) is 6.39. The first kappa shape index (κ1) is 15.5. The normalized spacial score (nSPS) is 20.3. The van der Waals surface area contributed by atoms with Crippen molar-refractivity contribution in [1.29, 1.82) is 0 Å². The van der Waals surface area contributed by atoms with E-state index >= 15 is 0 Å². The Morgan fingerprint density at radius 3 is 2.50 bits per heavy atom. The summed E-state index contributed by atoms with van der Waals surface area (Å²) in [5.74, 6) is 0.635. The van der Waals surface area contributed by atoms with Gasteiger partial charge in [0.15, 0.2) is 5.78 Å². The van der Waals surface area contributed by atoms with Crippen LogP contribution in [0.15, 0.2) is 12.1 Å². The van der Waals surface area contributed by atoms with E-state index in [0.29, 0.717) is 37.4 Å². The topological polar surface area (TPSA) is 55.8 Å². The summed E-state index contributed by atoms with van der Waals surface area (Å²) >= 11 is 0. The first-order valence-electron chi connectivity index (χ1n) is 8.17. The predicted octanol–water partition coefficient (Wildman–Crippen LogP) is 2.69. The Kier molecular flexibility index (Phi) is 4.50. The van der Waals surface area contributed by atoms with Crippen LogP contribution in [0.3, 0.4) is 0 Å². The highest BCUT2D eigenvalue weighted by Crippen LogP contribution is 2.31. The Morgan fingerprint density at radius 1 is 1.23 bits per heavy atom. The molecule has 1 N–H and O–H groups in total. The summed E-state index contributed by atoms with van der Waals surface area (Å²) in [5.41, 5.74) is 2.34. The lowest BCUT2D eigenvalue weighted by molar-refractivity contribution is -0.0856. The van der Waals surface area contributed by atoms with Crippen molar-refractivity contribution in [2.75, 3.05) is 19.8 Å². The van der Waals surface area contributed by atoms with Crippen LogP contribution in [0.1, 0.15) is 54.1 Å². The van der Waals surface area contributed by atoms with Crippen molar-refractivity contribution in [3.05, 3.63) is 28.8 Å². The molecular formula is C18H24O4. The third kappa shape index (κ3) is 3.33. The van der Waals surface area contributed by atoms with Gasteiger partial charge in [0.1, 0.15) is 18.0 Å². The van der Waals surface area contributed by atoms with Crippen LogP contribution in [-0.2, 0) is 17.6 Å². The minimum absolute atomic E-state index is 0.0161. The number of fused-ring (bicyclic) bond motifs is 1. The minimum Gasteiger partial charge on any atom is -0.490 e. The molecule has 0 saturated carbocycles. The average Bonchev–Trinajstić information content (AvgIpc) is 2.52. The molecule has 0 atom stereocenters. The molecule has 0 aromatic heterocycles. The highest BCUT2D eigenvalue weighted by molar-refractivity contribution is 5.97. The Balaban J connectivity index is 1.80. The zero-order valence-electron chi connectivity index (χ0n) is 13.2. The second-order valence-corrected chi connectivity index (χ2v) is 6.51. The van der Waals surface area contributed by atoms with E-state index in [1.165, 1.54) is 24.0 Å². The summed E-state index contributed by atoms with van der Waals surface area (Å²) in [6, 6.07) is 3.99. The molecule has 1 aromatic carbocycles. The highest BCUT2D eigenvalue weighted by atomic mass is 16.5. The molecule has 1 aromatic rings. The van der Waals surface area contributed by atoms with E-state index in [1.807, 2.05) is 12.1 Å². The number of aliphatic hydroxyl groups is 1. The summed E-state index contributed by atoms with van der Waals surface area (Å²) in [6.07, 6.45) is 5.61. The van der Waals surface area contributed by atoms with Crippen LogP contribution in [0.5, 0.6) is 5.75 Å². The van der Waals surface area contributed by atoms with Gasteiger partial charge >= 0.3 is 0 Å². The second-order valence-electron chi connectivity index (χ2n) is 6.51. The number of carbonyl (C=O) groups excluding carboxylic acids is 1. The number of ketones is 1. The molecule has 22 heavy (non-hydrogen) atoms. The van der Waals surface area contributed by atoms with Crippen LogP contribution in [-0.4, -0.2) is 36.3 Å². The van der Waals surface area contributed by atoms with Crippen molar-refractivity contribution >= 4 is 5.78 Å². The van der Waals surface area contributed by atoms with Gasteiger partial charge < -0.3 is 14.6 Å². The Hall–Kier alpha value is -1.39. The number of hydrogen-bond acceptors (Lipinski definition) is 4. The Bertz CT molecular complexity index is 558. The van der Waals surface area contributed by atoms with Gasteiger partial charge in [-0.15, -0.1) is 0 Å². The van der Waals surface area contributed by atoms with E-state index in [0.717, 1.165) is 12.8 Å². The van der Waals surface area contributed by atoms with Crippen LogP contribution in [0.25, 0.3) is 0 Å². The molecule has 120 valence electrons. The van der Waals surface area contributed by atoms with Crippen molar-refractivity contribution in [3.63, 3.8) is 0 Å². The van der Waals surface area contributed by atoms with Gasteiger partial charge in [-0.05, 0) is 55.9 Å². The van der Waals surface area contributed by atoms with Crippen molar-refractivity contribution in [2.24, 2.45) is 0 Å². The molecule has 4 heteroatoms. The van der Waals surface area contributed by atoms with Crippen LogP contribution >= 0.6 is 0 Å². The lowest BCUT2D eigenvalue weighted by Crippen LogP contribution is -2.41. The molecule has 1 fully saturated rings. The molecule has 1 aliphatic carbocycles. The smallest absolute Gasteiger partial charge is 0.163 e. The van der Waals surface area contributed by atoms with E-state index in [-0.39, 0.29) is 12.4 Å². The van der Waals surface area contributed by atoms with Gasteiger partial charge in [0, 0.05) is 26.1 Å². The molecule has 4 nitrogen and oxygen atoms in total. The Morgan fingerprint density at radius 2 is 1.86 bits per heavy atom. The molecule has 0 spiro atoms. The summed E-state index contributed by atoms with van der Waals surface area (Å²) in [7, 11) is 0. The lowest BCUT2D eigenvalue weighted by atomic mass is 9.89. The molecular weight excluding hydrogens is 280 g/mol. The number of benzene rings is 1. The maximum atomic E-state index is 11.9. The van der Waals surface area contributed by atoms with Crippen molar-refractivity contribution < 1.29 is 19.4 Å². The number of ether oxygens (including phenoxy) is 2. The van der Waals surface area contributed by atoms with Crippen molar-refractivity contribution in [1.82, 2.24) is 0 Å². The van der Waals surface area contributed by atoms with Gasteiger partial charge in [-0.2, -0.15) is 0 Å². The fourth-order valence-electron chi connectivity index (χ4n) is 3.27. The number of carbonyl (C=O) groups is 1. The molecule has 0 radical (unpaired) electrons. The number of aryl methyl sites for hydroxylation is 2. The fourth-order valence-corrected chi connectivity index (χ4v) is 3.27. The van der Waals surface area contributed by atoms with Gasteiger partial charge in [-0.1, -0.05) is 0 Å². The zero-order chi connectivity index (χ0) is 15.6. The van der Waals surface area contributed by atoms with Gasteiger partial charge in [0.25, 0.3) is 0 Å². The monoisotopic (exact) mass is 304 g/mol. The van der Waals surface area contributed by atoms with Crippen LogP contribution in [0, 0.1) is 0 Å². The standard InChI is InChI=1S/C18H24O4/c1-13(19)16-10-14-4-2-3-5-15(14)11-17(16)22-12-18(20)6-8-21-9-7-18/h10-11,20H,2-9,12H2,1H3. The molecule has 2 aliphatic rings. The summed E-state index contributed by atoms with van der Waals surface area (Å²) in [4.78, 5) is 11.9. The van der Waals surface area contributed by atoms with Gasteiger partial charge in [0.05, 0.1) is 5.56 Å². The van der Waals surface area contributed by atoms with Crippen LogP contribution in [0.4, 0.5) is 0 Å². The first-order valence-corrected chi connectivity index (χ1v) is 8.17. The molecule has 0 bridgehead atoms. The van der Waals surface area contributed by atoms with Crippen molar-refractivity contribution in [3.8, 4) is 5.75 Å². The maximum Gasteiger partial charge on any atom is 0.163 e. The largest absolute Gasteiger partial charge is 0.490 e. The summed E-state index contributed by atoms with van der Waals surface area (Å²) in [5, 5.41) is 10.5. The third-order valence-electron chi connectivity index (χ3n) is 4.74. The van der Waals surface area contributed by atoms with E-state index in [2.05, 4.69) is 0 Å². The zero-order valence-corrected chi connectivity index (χ0v) is 13.2. The third-order valence-corrected chi connectivity index (χ3v) is 4.74. The number of rotatable bonds is 4. The van der Waals surface area contributed by atoms with Crippen LogP contribution in [0.2, 0.25) is 0 Å². The number of hydrogen-bond donors (Lipinski definition) is 1. The maximum absolute atomic E-state index is 11.9. The average molecular weight is 304 g/mol. The van der Waals surface area contributed by atoms with E-state index < -0.39 is 5.60 Å². The lowest BCUT2D eigenvalue weighted by Gasteiger charge is -2.32. The fraction of sp³-hybridized carbons (Fsp3) is 0.611. The summed E-state index contributed by atoms with van der Waals surface area (Å²) in [6.45, 7) is 2.91. The van der Waals surface area contributed by atoms with Crippen molar-refractivity contribution in [2.45, 2.75) is 51.0 Å². The molecule has 1 heterocycles. The predicted molar refractivity (Wildman–Crippen MR) is 83.6 cm³/mol. The van der Waals surface area contributed by atoms with E-state index in [1.54, 1.807) is 6.92 Å². The molecule has 0 unspecified atom stereocenters. The Labute approximate surface area is 131 Å². The first-order chi connectivity index (χ1) is 10.6. The van der Waals surface area contributed by atoms with E-state index in [9.17, 15) is 9.90 Å². The van der Waals surface area contributed by atoms with Gasteiger partial charge in [0.2, 0.25) is 0 Å². The number of Topliss-reactive ketones (excluding diaryl/α,β-unsaturated/α-hetero) is 1. The highest BCUT2D eigenvalue weighted by Gasteiger charge is 2.31. The van der Waals surface area contributed by atoms with Gasteiger partial charge in [-0.3, -0.25) is 4.79 Å². The molecule has 1 saturated heterocycles. The SMILES string of the molecule is CC(=O)c1cc2c(cc1OCC1(O)CCOCC1)CCCC2.